The van der Waals surface area contributed by atoms with Gasteiger partial charge in [0.05, 0.1) is 35.4 Å². The van der Waals surface area contributed by atoms with Crippen LogP contribution in [0.2, 0.25) is 5.02 Å². The quantitative estimate of drug-likeness (QED) is 0.190. The van der Waals surface area contributed by atoms with Crippen LogP contribution in [0.3, 0.4) is 0 Å². The summed E-state index contributed by atoms with van der Waals surface area (Å²) in [5.74, 6) is 2.49. The zero-order valence-electron chi connectivity index (χ0n) is 27.9. The van der Waals surface area contributed by atoms with Gasteiger partial charge >= 0.3 is 0 Å². The molecule has 10 nitrogen and oxygen atoms in total. The molecule has 0 aliphatic carbocycles. The maximum atomic E-state index is 12.4. The van der Waals surface area contributed by atoms with Crippen LogP contribution in [0.1, 0.15) is 91.1 Å². The number of carbonyl (C=O) groups is 2. The molecule has 250 valence electrons. The van der Waals surface area contributed by atoms with Gasteiger partial charge in [-0.3, -0.25) is 25.0 Å². The van der Waals surface area contributed by atoms with Gasteiger partial charge in [-0.25, -0.2) is 4.98 Å². The number of hydrazine groups is 1. The lowest BCUT2D eigenvalue weighted by atomic mass is 9.94. The van der Waals surface area contributed by atoms with Crippen LogP contribution < -0.4 is 20.3 Å². The molecule has 47 heavy (non-hydrogen) atoms. The van der Waals surface area contributed by atoms with Gasteiger partial charge in [0.2, 0.25) is 11.8 Å². The van der Waals surface area contributed by atoms with Crippen molar-refractivity contribution in [2.24, 2.45) is 5.41 Å². The van der Waals surface area contributed by atoms with E-state index in [9.17, 15) is 9.59 Å². The summed E-state index contributed by atoms with van der Waals surface area (Å²) in [6.45, 7) is 11.8. The van der Waals surface area contributed by atoms with Gasteiger partial charge in [-0.2, -0.15) is 0 Å². The largest absolute Gasteiger partial charge is 0.493 e. The summed E-state index contributed by atoms with van der Waals surface area (Å²) in [5, 5.41) is 10.7. The van der Waals surface area contributed by atoms with Crippen molar-refractivity contribution in [2.45, 2.75) is 76.7 Å². The predicted molar refractivity (Wildman–Crippen MR) is 187 cm³/mol. The Bertz CT molecular complexity index is 1770. The van der Waals surface area contributed by atoms with E-state index in [0.29, 0.717) is 29.4 Å². The molecule has 0 saturated carbocycles. The third kappa shape index (κ3) is 7.60. The Labute approximate surface area is 289 Å². The smallest absolute Gasteiger partial charge is 0.243 e. The summed E-state index contributed by atoms with van der Waals surface area (Å²) < 4.78 is 13.8. The predicted octanol–water partition coefficient (Wildman–Crippen LogP) is 6.94. The first-order valence-corrected chi connectivity index (χ1v) is 17.5. The number of carbonyl (C=O) groups excluding carboxylic acids is 2. The number of para-hydroxylation sites is 1. The molecule has 0 fully saturated rings. The topological polar surface area (TPSA) is 120 Å². The number of hydrogen-bond donors (Lipinski definition) is 2. The molecular formula is C34H41ClN6O4S2. The molecule has 2 aromatic heterocycles. The van der Waals surface area contributed by atoms with Crippen molar-refractivity contribution < 1.29 is 19.1 Å². The number of hydrogen-bond acceptors (Lipinski definition) is 9. The zero-order chi connectivity index (χ0) is 34.1. The molecule has 0 spiro atoms. The Morgan fingerprint density at radius 3 is 2.45 bits per heavy atom. The lowest BCUT2D eigenvalue weighted by Gasteiger charge is -2.24. The number of fused-ring (bicyclic) bond motifs is 3. The van der Waals surface area contributed by atoms with Crippen molar-refractivity contribution in [3.05, 3.63) is 80.3 Å². The molecule has 2 aromatic carbocycles. The van der Waals surface area contributed by atoms with Crippen LogP contribution >= 0.6 is 34.7 Å². The molecule has 1 aliphatic heterocycles. The molecule has 3 heterocycles. The Kier molecular flexibility index (Phi) is 10.2. The van der Waals surface area contributed by atoms with E-state index in [2.05, 4.69) is 42.3 Å². The first-order chi connectivity index (χ1) is 22.2. The lowest BCUT2D eigenvalue weighted by molar-refractivity contribution is -0.133. The van der Waals surface area contributed by atoms with Gasteiger partial charge in [-0.05, 0) is 36.2 Å². The number of thiazole rings is 1. The summed E-state index contributed by atoms with van der Waals surface area (Å²) >= 11 is 9.98. The number of benzene rings is 2. The Balaban J connectivity index is 1.48. The molecule has 2 atom stereocenters. The van der Waals surface area contributed by atoms with Crippen LogP contribution in [0.15, 0.2) is 42.6 Å². The fourth-order valence-corrected chi connectivity index (χ4v) is 8.07. The van der Waals surface area contributed by atoms with E-state index >= 15 is 0 Å². The first-order valence-electron chi connectivity index (χ1n) is 15.4. The van der Waals surface area contributed by atoms with Crippen LogP contribution in [0, 0.1) is 5.41 Å². The summed E-state index contributed by atoms with van der Waals surface area (Å²) in [4.78, 5) is 30.3. The number of aromatic nitrogens is 4. The molecule has 4 aromatic rings. The first kappa shape index (κ1) is 34.7. The van der Waals surface area contributed by atoms with Crippen molar-refractivity contribution in [1.82, 2.24) is 30.6 Å². The number of thioether (sulfide) groups is 1. The second kappa shape index (κ2) is 13.9. The van der Waals surface area contributed by atoms with Crippen molar-refractivity contribution in [2.75, 3.05) is 14.2 Å². The number of aryl methyl sites for hydroxylation is 1. The highest BCUT2D eigenvalue weighted by molar-refractivity contribution is 8.00. The second-order valence-corrected chi connectivity index (χ2v) is 16.4. The van der Waals surface area contributed by atoms with E-state index < -0.39 is 5.41 Å². The highest BCUT2D eigenvalue weighted by atomic mass is 35.5. The number of rotatable bonds is 8. The number of methoxy groups -OCH3 is 2. The maximum absolute atomic E-state index is 12.4. The van der Waals surface area contributed by atoms with Gasteiger partial charge in [0.1, 0.15) is 5.82 Å². The van der Waals surface area contributed by atoms with Gasteiger partial charge in [0, 0.05) is 45.3 Å². The van der Waals surface area contributed by atoms with Gasteiger partial charge in [0.25, 0.3) is 0 Å². The van der Waals surface area contributed by atoms with Crippen LogP contribution in [0.4, 0.5) is 0 Å². The standard InChI is InChI=1S/C34H41ClN6O4S2/c1-33(2,3)31-39-38-30-25(17-27-36-18-20(46-27)13-15-26(42)37-40-32(43)34(4,5)6)47-29(21-10-9-11-24(44-7)28(21)45-8)22-16-19(35)12-14-23(22)41(30)31/h9-12,14,16,18,25,29H,13,15,17H2,1-8H3,(H,37,42)(H,40,43)/t25-,29-/m1/s1. The molecular weight excluding hydrogens is 656 g/mol. The molecule has 0 radical (unpaired) electrons. The molecule has 2 N–H and O–H groups in total. The summed E-state index contributed by atoms with van der Waals surface area (Å²) in [6.07, 6.45) is 3.15. The Morgan fingerprint density at radius 2 is 1.77 bits per heavy atom. The van der Waals surface area contributed by atoms with E-state index in [-0.39, 0.29) is 34.2 Å². The fourth-order valence-electron chi connectivity index (χ4n) is 5.29. The van der Waals surface area contributed by atoms with E-state index in [1.807, 2.05) is 36.5 Å². The van der Waals surface area contributed by atoms with E-state index in [1.165, 1.54) is 0 Å². The van der Waals surface area contributed by atoms with Crippen LogP contribution in [-0.4, -0.2) is 45.8 Å². The highest BCUT2D eigenvalue weighted by Gasteiger charge is 2.38. The normalized spacial score (nSPS) is 16.1. The maximum Gasteiger partial charge on any atom is 0.243 e. The van der Waals surface area contributed by atoms with Gasteiger partial charge in [0.15, 0.2) is 17.3 Å². The highest BCUT2D eigenvalue weighted by Crippen LogP contribution is 2.54. The molecule has 2 amide bonds. The minimum atomic E-state index is -0.599. The Morgan fingerprint density at radius 1 is 1.00 bits per heavy atom. The number of nitrogens with zero attached hydrogens (tertiary/aromatic N) is 4. The molecule has 0 saturated heterocycles. The average molecular weight is 697 g/mol. The summed E-state index contributed by atoms with van der Waals surface area (Å²) in [7, 11) is 3.29. The third-order valence-electron chi connectivity index (χ3n) is 7.73. The molecule has 0 unspecified atom stereocenters. The molecule has 1 aliphatic rings. The molecule has 0 bridgehead atoms. The monoisotopic (exact) mass is 696 g/mol. The SMILES string of the molecule is COc1cccc([C@H]2S[C@H](Cc3ncc(CCC(=O)NNC(=O)C(C)(C)C)s3)c3nnc(C(C)(C)C)n3-c3ccc(Cl)cc32)c1OC. The van der Waals surface area contributed by atoms with Gasteiger partial charge < -0.3 is 9.47 Å². The average Bonchev–Trinajstić information content (AvgIpc) is 3.64. The number of ether oxygens (including phenoxy) is 2. The second-order valence-electron chi connectivity index (χ2n) is 13.4. The Hall–Kier alpha value is -3.61. The molecule has 5 rings (SSSR count). The van der Waals surface area contributed by atoms with Crippen LogP contribution in [-0.2, 0) is 27.8 Å². The number of nitrogens with one attached hydrogen (secondary N) is 2. The van der Waals surface area contributed by atoms with E-state index in [4.69, 9.17) is 36.3 Å². The van der Waals surface area contributed by atoms with Gasteiger partial charge in [-0.1, -0.05) is 65.3 Å². The van der Waals surface area contributed by atoms with Crippen molar-refractivity contribution in [3.63, 3.8) is 0 Å². The van der Waals surface area contributed by atoms with E-state index in [1.54, 1.807) is 58.1 Å². The zero-order valence-corrected chi connectivity index (χ0v) is 30.3. The minimum absolute atomic E-state index is 0.138. The van der Waals surface area contributed by atoms with E-state index in [0.717, 1.165) is 38.3 Å². The minimum Gasteiger partial charge on any atom is -0.493 e. The third-order valence-corrected chi connectivity index (χ3v) is 10.5. The van der Waals surface area contributed by atoms with Crippen LogP contribution in [0.5, 0.6) is 11.5 Å². The fraction of sp³-hybridized carbons (Fsp3) is 0.441. The molecule has 13 heteroatoms. The number of amides is 2. The number of halogens is 1. The van der Waals surface area contributed by atoms with Crippen molar-refractivity contribution in [3.8, 4) is 17.2 Å². The van der Waals surface area contributed by atoms with Crippen LogP contribution in [0.25, 0.3) is 5.69 Å². The van der Waals surface area contributed by atoms with Gasteiger partial charge in [-0.15, -0.1) is 33.3 Å². The van der Waals surface area contributed by atoms with Crippen molar-refractivity contribution >= 4 is 46.5 Å². The summed E-state index contributed by atoms with van der Waals surface area (Å²) in [5.41, 5.74) is 7.07. The lowest BCUT2D eigenvalue weighted by Crippen LogP contribution is -2.46. The summed E-state index contributed by atoms with van der Waals surface area (Å²) in [6, 6.07) is 11.9. The van der Waals surface area contributed by atoms with Crippen molar-refractivity contribution in [1.29, 1.82) is 0 Å².